The van der Waals surface area contributed by atoms with Gasteiger partial charge >= 0.3 is 0 Å². The number of piperidine rings is 1. The van der Waals surface area contributed by atoms with E-state index in [0.29, 0.717) is 23.8 Å². The SMILES string of the molecule is COc1cc2c(cc1OC)C(=O)/C(=C/C1CCN(Cc3cc(N)c4ccccc4n3)CC1)C2. The zero-order valence-corrected chi connectivity index (χ0v) is 19.1. The van der Waals surface area contributed by atoms with Crippen LogP contribution >= 0.6 is 0 Å². The lowest BCUT2D eigenvalue weighted by molar-refractivity contribution is 0.103. The standard InChI is InChI=1S/C27H29N3O3/c1-32-25-13-18-12-19(27(31)22(18)15-26(25)33-2)11-17-7-9-30(10-8-17)16-20-14-23(28)21-5-3-4-6-24(21)29-20/h3-6,11,13-15,17H,7-10,12,16H2,1-2H3,(H2,28,29)/b19-11+. The number of anilines is 1. The van der Waals surface area contributed by atoms with E-state index in [1.54, 1.807) is 14.2 Å². The molecule has 2 aliphatic rings. The Labute approximate surface area is 194 Å². The van der Waals surface area contributed by atoms with Crippen molar-refractivity contribution >= 4 is 22.4 Å². The fourth-order valence-corrected chi connectivity index (χ4v) is 5.00. The van der Waals surface area contributed by atoms with Crippen molar-refractivity contribution in [2.24, 2.45) is 5.92 Å². The predicted molar refractivity (Wildman–Crippen MR) is 130 cm³/mol. The minimum absolute atomic E-state index is 0.115. The van der Waals surface area contributed by atoms with Crippen LogP contribution in [0.5, 0.6) is 11.5 Å². The fraction of sp³-hybridized carbons (Fsp3) is 0.333. The smallest absolute Gasteiger partial charge is 0.189 e. The number of Topliss-reactive ketones (excluding diaryl/α,β-unsaturated/α-hetero) is 1. The normalized spacial score (nSPS) is 18.1. The molecule has 3 aromatic rings. The highest BCUT2D eigenvalue weighted by atomic mass is 16.5. The van der Waals surface area contributed by atoms with Gasteiger partial charge in [0.2, 0.25) is 0 Å². The van der Waals surface area contributed by atoms with Crippen molar-refractivity contribution in [3.05, 3.63) is 70.9 Å². The molecule has 0 spiro atoms. The summed E-state index contributed by atoms with van der Waals surface area (Å²) in [6, 6.07) is 13.7. The van der Waals surface area contributed by atoms with Crippen LogP contribution in [0.25, 0.3) is 10.9 Å². The number of fused-ring (bicyclic) bond motifs is 2. The van der Waals surface area contributed by atoms with Gasteiger partial charge in [-0.15, -0.1) is 0 Å². The minimum Gasteiger partial charge on any atom is -0.493 e. The van der Waals surface area contributed by atoms with E-state index in [9.17, 15) is 4.79 Å². The Balaban J connectivity index is 1.24. The first-order valence-corrected chi connectivity index (χ1v) is 11.4. The van der Waals surface area contributed by atoms with Gasteiger partial charge < -0.3 is 15.2 Å². The fourth-order valence-electron chi connectivity index (χ4n) is 5.00. The Hall–Kier alpha value is -3.38. The lowest BCUT2D eigenvalue weighted by atomic mass is 9.93. The van der Waals surface area contributed by atoms with E-state index in [-0.39, 0.29) is 5.78 Å². The number of aromatic nitrogens is 1. The summed E-state index contributed by atoms with van der Waals surface area (Å²) in [6.07, 6.45) is 4.92. The van der Waals surface area contributed by atoms with Gasteiger partial charge in [0.25, 0.3) is 0 Å². The number of nitrogens with two attached hydrogens (primary N) is 1. The monoisotopic (exact) mass is 443 g/mol. The van der Waals surface area contributed by atoms with Crippen molar-refractivity contribution in [1.82, 2.24) is 9.88 Å². The number of carbonyl (C=O) groups excluding carboxylic acids is 1. The zero-order chi connectivity index (χ0) is 22.9. The highest BCUT2D eigenvalue weighted by molar-refractivity contribution is 6.13. The number of nitrogen functional groups attached to an aromatic ring is 1. The molecule has 2 aromatic carbocycles. The highest BCUT2D eigenvalue weighted by Crippen LogP contribution is 2.37. The number of hydrogen-bond acceptors (Lipinski definition) is 6. The third-order valence-electron chi connectivity index (χ3n) is 6.78. The summed E-state index contributed by atoms with van der Waals surface area (Å²) < 4.78 is 10.8. The lowest BCUT2D eigenvalue weighted by Gasteiger charge is -2.30. The Bertz CT molecular complexity index is 1240. The molecule has 0 atom stereocenters. The van der Waals surface area contributed by atoms with E-state index < -0.39 is 0 Å². The minimum atomic E-state index is 0.115. The van der Waals surface area contributed by atoms with E-state index in [1.165, 1.54) is 0 Å². The van der Waals surface area contributed by atoms with E-state index in [4.69, 9.17) is 20.2 Å². The predicted octanol–water partition coefficient (Wildman–Crippen LogP) is 4.41. The summed E-state index contributed by atoms with van der Waals surface area (Å²) in [5.41, 5.74) is 11.6. The number of allylic oxidation sites excluding steroid dienone is 2. The van der Waals surface area contributed by atoms with Crippen molar-refractivity contribution in [3.8, 4) is 11.5 Å². The van der Waals surface area contributed by atoms with Crippen LogP contribution in [0.4, 0.5) is 5.69 Å². The summed E-state index contributed by atoms with van der Waals surface area (Å²) in [5.74, 6) is 1.79. The van der Waals surface area contributed by atoms with Gasteiger partial charge in [0.15, 0.2) is 17.3 Å². The average molecular weight is 444 g/mol. The number of ketones is 1. The molecular weight excluding hydrogens is 414 g/mol. The number of rotatable bonds is 5. The van der Waals surface area contributed by atoms with E-state index in [1.807, 2.05) is 42.5 Å². The number of nitrogens with zero attached hydrogens (tertiary/aromatic N) is 2. The summed E-state index contributed by atoms with van der Waals surface area (Å²) in [5, 5.41) is 1.00. The van der Waals surface area contributed by atoms with E-state index in [2.05, 4.69) is 11.0 Å². The molecule has 6 heteroatoms. The van der Waals surface area contributed by atoms with Crippen LogP contribution in [0.3, 0.4) is 0 Å². The first-order chi connectivity index (χ1) is 16.1. The van der Waals surface area contributed by atoms with Crippen molar-refractivity contribution in [2.75, 3.05) is 33.0 Å². The number of hydrogen-bond donors (Lipinski definition) is 1. The largest absolute Gasteiger partial charge is 0.493 e. The molecule has 5 rings (SSSR count). The Morgan fingerprint density at radius 1 is 1.09 bits per heavy atom. The van der Waals surface area contributed by atoms with E-state index in [0.717, 1.165) is 71.5 Å². The van der Waals surface area contributed by atoms with Crippen molar-refractivity contribution < 1.29 is 14.3 Å². The molecule has 0 unspecified atom stereocenters. The Morgan fingerprint density at radius 3 is 2.58 bits per heavy atom. The number of methoxy groups -OCH3 is 2. The molecule has 2 N–H and O–H groups in total. The van der Waals surface area contributed by atoms with Gasteiger partial charge in [-0.25, -0.2) is 0 Å². The second-order valence-electron chi connectivity index (χ2n) is 8.90. The highest BCUT2D eigenvalue weighted by Gasteiger charge is 2.29. The molecule has 1 aromatic heterocycles. The maximum Gasteiger partial charge on any atom is 0.189 e. The van der Waals surface area contributed by atoms with Gasteiger partial charge in [0, 0.05) is 35.2 Å². The summed E-state index contributed by atoms with van der Waals surface area (Å²) in [4.78, 5) is 20.2. The van der Waals surface area contributed by atoms with Gasteiger partial charge in [-0.05, 0) is 61.7 Å². The summed E-state index contributed by atoms with van der Waals surface area (Å²) in [7, 11) is 3.21. The molecule has 1 saturated heterocycles. The quantitative estimate of drug-likeness (QED) is 0.589. The van der Waals surface area contributed by atoms with Gasteiger partial charge in [-0.3, -0.25) is 14.7 Å². The number of benzene rings is 2. The third-order valence-corrected chi connectivity index (χ3v) is 6.78. The molecular formula is C27H29N3O3. The molecule has 2 heterocycles. The second-order valence-corrected chi connectivity index (χ2v) is 8.90. The number of ether oxygens (including phenoxy) is 2. The first kappa shape index (κ1) is 21.5. The molecule has 1 aliphatic heterocycles. The maximum atomic E-state index is 13.0. The molecule has 33 heavy (non-hydrogen) atoms. The van der Waals surface area contributed by atoms with Crippen LogP contribution in [0.2, 0.25) is 0 Å². The van der Waals surface area contributed by atoms with Crippen molar-refractivity contribution in [2.45, 2.75) is 25.8 Å². The van der Waals surface area contributed by atoms with Crippen LogP contribution in [-0.4, -0.2) is 43.0 Å². The van der Waals surface area contributed by atoms with Gasteiger partial charge in [0.1, 0.15) is 0 Å². The van der Waals surface area contributed by atoms with Gasteiger partial charge in [0.05, 0.1) is 25.4 Å². The van der Waals surface area contributed by atoms with Crippen LogP contribution in [0.1, 0.15) is 34.5 Å². The van der Waals surface area contributed by atoms with Gasteiger partial charge in [-0.1, -0.05) is 24.3 Å². The Kier molecular flexibility index (Phi) is 5.77. The van der Waals surface area contributed by atoms with Crippen molar-refractivity contribution in [1.29, 1.82) is 0 Å². The van der Waals surface area contributed by atoms with Crippen LogP contribution < -0.4 is 15.2 Å². The first-order valence-electron chi connectivity index (χ1n) is 11.4. The maximum absolute atomic E-state index is 13.0. The summed E-state index contributed by atoms with van der Waals surface area (Å²) in [6.45, 7) is 2.75. The topological polar surface area (TPSA) is 77.7 Å². The number of para-hydroxylation sites is 1. The van der Waals surface area contributed by atoms with Crippen molar-refractivity contribution in [3.63, 3.8) is 0 Å². The zero-order valence-electron chi connectivity index (χ0n) is 19.1. The molecule has 170 valence electrons. The number of pyridine rings is 1. The number of likely N-dealkylation sites (tertiary alicyclic amines) is 1. The lowest BCUT2D eigenvalue weighted by Crippen LogP contribution is -2.33. The average Bonchev–Trinajstić information content (AvgIpc) is 3.13. The molecule has 0 radical (unpaired) electrons. The molecule has 0 bridgehead atoms. The molecule has 1 aliphatic carbocycles. The van der Waals surface area contributed by atoms with Gasteiger partial charge in [-0.2, -0.15) is 0 Å². The Morgan fingerprint density at radius 2 is 1.82 bits per heavy atom. The number of carbonyl (C=O) groups is 1. The molecule has 1 fully saturated rings. The second kappa shape index (κ2) is 8.87. The van der Waals surface area contributed by atoms with E-state index >= 15 is 0 Å². The molecule has 0 amide bonds. The van der Waals surface area contributed by atoms with Crippen LogP contribution in [0, 0.1) is 5.92 Å². The molecule has 6 nitrogen and oxygen atoms in total. The summed E-state index contributed by atoms with van der Waals surface area (Å²) >= 11 is 0. The van der Waals surface area contributed by atoms with Crippen LogP contribution in [0.15, 0.2) is 54.1 Å². The third kappa shape index (κ3) is 4.18. The van der Waals surface area contributed by atoms with Crippen LogP contribution in [-0.2, 0) is 13.0 Å². The molecule has 0 saturated carbocycles.